The van der Waals surface area contributed by atoms with Crippen molar-refractivity contribution in [3.8, 4) is 0 Å². The van der Waals surface area contributed by atoms with Crippen LogP contribution in [0.25, 0.3) is 0 Å². The fraction of sp³-hybridized carbons (Fsp3) is 0.600. The molecule has 1 aromatic rings. The van der Waals surface area contributed by atoms with E-state index in [4.69, 9.17) is 5.73 Å². The SMILES string of the molecule is NCC1(Cc2cccc(F)c2Br)CCCCCC1. The summed E-state index contributed by atoms with van der Waals surface area (Å²) >= 11 is 3.36. The first kappa shape index (κ1) is 14.0. The third-order valence-corrected chi connectivity index (χ3v) is 5.08. The molecule has 0 radical (unpaired) electrons. The third-order valence-electron chi connectivity index (χ3n) is 4.19. The molecule has 0 spiro atoms. The number of hydrogen-bond acceptors (Lipinski definition) is 1. The molecule has 1 aliphatic rings. The first-order chi connectivity index (χ1) is 8.67. The van der Waals surface area contributed by atoms with Crippen LogP contribution in [0.2, 0.25) is 0 Å². The molecule has 0 atom stereocenters. The van der Waals surface area contributed by atoms with Crippen molar-refractivity contribution in [2.24, 2.45) is 11.1 Å². The van der Waals surface area contributed by atoms with Crippen molar-refractivity contribution in [2.75, 3.05) is 6.54 Å². The minimum atomic E-state index is -0.173. The lowest BCUT2D eigenvalue weighted by Gasteiger charge is -2.32. The van der Waals surface area contributed by atoms with Gasteiger partial charge < -0.3 is 5.73 Å². The Hall–Kier alpha value is -0.410. The van der Waals surface area contributed by atoms with Gasteiger partial charge in [0.2, 0.25) is 0 Å². The van der Waals surface area contributed by atoms with Crippen molar-refractivity contribution in [3.05, 3.63) is 34.1 Å². The Morgan fingerprint density at radius 3 is 2.44 bits per heavy atom. The van der Waals surface area contributed by atoms with Crippen molar-refractivity contribution in [1.82, 2.24) is 0 Å². The minimum absolute atomic E-state index is 0.173. The molecule has 3 heteroatoms. The fourth-order valence-corrected chi connectivity index (χ4v) is 3.43. The van der Waals surface area contributed by atoms with E-state index < -0.39 is 0 Å². The second kappa shape index (κ2) is 6.16. The predicted octanol–water partition coefficient (Wildman–Crippen LogP) is 4.43. The molecule has 2 N–H and O–H groups in total. The summed E-state index contributed by atoms with van der Waals surface area (Å²) in [6, 6.07) is 5.29. The van der Waals surface area contributed by atoms with E-state index in [1.165, 1.54) is 44.6 Å². The summed E-state index contributed by atoms with van der Waals surface area (Å²) in [6.07, 6.45) is 8.37. The molecule has 1 fully saturated rings. The van der Waals surface area contributed by atoms with Gasteiger partial charge in [-0.05, 0) is 58.8 Å². The van der Waals surface area contributed by atoms with Crippen LogP contribution in [0.4, 0.5) is 4.39 Å². The number of hydrogen-bond donors (Lipinski definition) is 1. The highest BCUT2D eigenvalue weighted by molar-refractivity contribution is 9.10. The quantitative estimate of drug-likeness (QED) is 0.821. The van der Waals surface area contributed by atoms with Crippen LogP contribution in [0.3, 0.4) is 0 Å². The summed E-state index contributed by atoms with van der Waals surface area (Å²) in [4.78, 5) is 0. The Bertz CT molecular complexity index is 397. The maximum atomic E-state index is 13.6. The van der Waals surface area contributed by atoms with Gasteiger partial charge in [0.15, 0.2) is 0 Å². The second-order valence-corrected chi connectivity index (χ2v) is 6.30. The number of halogens is 2. The molecule has 0 unspecified atom stereocenters. The molecule has 18 heavy (non-hydrogen) atoms. The van der Waals surface area contributed by atoms with Crippen molar-refractivity contribution in [1.29, 1.82) is 0 Å². The Morgan fingerprint density at radius 1 is 1.17 bits per heavy atom. The van der Waals surface area contributed by atoms with Gasteiger partial charge in [-0.15, -0.1) is 0 Å². The molecule has 1 nitrogen and oxygen atoms in total. The minimum Gasteiger partial charge on any atom is -0.330 e. The largest absolute Gasteiger partial charge is 0.330 e. The van der Waals surface area contributed by atoms with Gasteiger partial charge in [0.1, 0.15) is 5.82 Å². The van der Waals surface area contributed by atoms with Crippen LogP contribution in [0.5, 0.6) is 0 Å². The van der Waals surface area contributed by atoms with E-state index >= 15 is 0 Å². The lowest BCUT2D eigenvalue weighted by molar-refractivity contribution is 0.252. The fourth-order valence-electron chi connectivity index (χ4n) is 3.02. The molecule has 2 rings (SSSR count). The van der Waals surface area contributed by atoms with E-state index in [0.29, 0.717) is 11.0 Å². The average molecular weight is 314 g/mol. The summed E-state index contributed by atoms with van der Waals surface area (Å²) in [6.45, 7) is 0.704. The van der Waals surface area contributed by atoms with E-state index in [2.05, 4.69) is 15.9 Å². The Morgan fingerprint density at radius 2 is 1.83 bits per heavy atom. The average Bonchev–Trinajstić information content (AvgIpc) is 2.61. The lowest BCUT2D eigenvalue weighted by Crippen LogP contribution is -2.32. The van der Waals surface area contributed by atoms with Gasteiger partial charge >= 0.3 is 0 Å². The first-order valence-corrected chi connectivity index (χ1v) is 7.59. The second-order valence-electron chi connectivity index (χ2n) is 5.51. The molecule has 0 saturated heterocycles. The highest BCUT2D eigenvalue weighted by Gasteiger charge is 2.30. The van der Waals surface area contributed by atoms with Crippen LogP contribution in [0.15, 0.2) is 22.7 Å². The zero-order valence-electron chi connectivity index (χ0n) is 10.7. The molecule has 0 aromatic heterocycles. The molecule has 0 bridgehead atoms. The first-order valence-electron chi connectivity index (χ1n) is 6.80. The monoisotopic (exact) mass is 313 g/mol. The highest BCUT2D eigenvalue weighted by Crippen LogP contribution is 2.38. The Balaban J connectivity index is 2.21. The van der Waals surface area contributed by atoms with Crippen molar-refractivity contribution in [2.45, 2.75) is 44.9 Å². The van der Waals surface area contributed by atoms with Crippen molar-refractivity contribution < 1.29 is 4.39 Å². The topological polar surface area (TPSA) is 26.0 Å². The van der Waals surface area contributed by atoms with Crippen molar-refractivity contribution in [3.63, 3.8) is 0 Å². The molecular weight excluding hydrogens is 293 g/mol. The normalized spacial score (nSPS) is 19.5. The van der Waals surface area contributed by atoms with Crippen molar-refractivity contribution >= 4 is 15.9 Å². The zero-order chi connectivity index (χ0) is 13.0. The molecule has 0 aliphatic heterocycles. The molecule has 1 saturated carbocycles. The summed E-state index contributed by atoms with van der Waals surface area (Å²) in [7, 11) is 0. The molecule has 1 aromatic carbocycles. The zero-order valence-corrected chi connectivity index (χ0v) is 12.3. The maximum Gasteiger partial charge on any atom is 0.137 e. The van der Waals surface area contributed by atoms with Gasteiger partial charge in [0, 0.05) is 0 Å². The predicted molar refractivity (Wildman–Crippen MR) is 77.0 cm³/mol. The standard InChI is InChI=1S/C15H21BrFN/c16-14-12(6-5-7-13(14)17)10-15(11-18)8-3-1-2-4-9-15/h5-7H,1-4,8-11,18H2. The molecular formula is C15H21BrFN. The van der Waals surface area contributed by atoms with Gasteiger partial charge in [-0.2, -0.15) is 0 Å². The van der Waals surface area contributed by atoms with E-state index in [1.54, 1.807) is 6.07 Å². The van der Waals surface area contributed by atoms with Crippen LogP contribution in [-0.2, 0) is 6.42 Å². The van der Waals surface area contributed by atoms with Crippen LogP contribution >= 0.6 is 15.9 Å². The van der Waals surface area contributed by atoms with Crippen LogP contribution in [0, 0.1) is 11.2 Å². The van der Waals surface area contributed by atoms with Gasteiger partial charge in [0.25, 0.3) is 0 Å². The summed E-state index contributed by atoms with van der Waals surface area (Å²) in [5, 5.41) is 0. The summed E-state index contributed by atoms with van der Waals surface area (Å²) < 4.78 is 14.2. The van der Waals surface area contributed by atoms with Gasteiger partial charge in [-0.1, -0.05) is 37.8 Å². The van der Waals surface area contributed by atoms with Gasteiger partial charge in [-0.25, -0.2) is 4.39 Å². The van der Waals surface area contributed by atoms with E-state index in [-0.39, 0.29) is 11.2 Å². The number of nitrogens with two attached hydrogens (primary N) is 1. The Labute approximate surface area is 117 Å². The third kappa shape index (κ3) is 3.12. The highest BCUT2D eigenvalue weighted by atomic mass is 79.9. The van der Waals surface area contributed by atoms with E-state index in [9.17, 15) is 4.39 Å². The van der Waals surface area contributed by atoms with Gasteiger partial charge in [0.05, 0.1) is 4.47 Å². The smallest absolute Gasteiger partial charge is 0.137 e. The molecule has 100 valence electrons. The summed E-state index contributed by atoms with van der Waals surface area (Å²) in [5.41, 5.74) is 7.27. The van der Waals surface area contributed by atoms with Crippen LogP contribution in [0.1, 0.15) is 44.1 Å². The van der Waals surface area contributed by atoms with E-state index in [0.717, 1.165) is 12.0 Å². The Kier molecular flexibility index (Phi) is 4.79. The number of benzene rings is 1. The molecule has 0 amide bonds. The van der Waals surface area contributed by atoms with Gasteiger partial charge in [-0.3, -0.25) is 0 Å². The number of rotatable bonds is 3. The summed E-state index contributed by atoms with van der Waals surface area (Å²) in [5.74, 6) is -0.173. The molecule has 1 aliphatic carbocycles. The maximum absolute atomic E-state index is 13.6. The lowest BCUT2D eigenvalue weighted by atomic mass is 9.75. The van der Waals surface area contributed by atoms with Crippen LogP contribution < -0.4 is 5.73 Å². The molecule has 0 heterocycles. The van der Waals surface area contributed by atoms with Crippen LogP contribution in [-0.4, -0.2) is 6.54 Å². The van der Waals surface area contributed by atoms with E-state index in [1.807, 2.05) is 6.07 Å².